The van der Waals surface area contributed by atoms with Gasteiger partial charge in [-0.05, 0) is 46.8 Å². The van der Waals surface area contributed by atoms with Crippen LogP contribution in [0.5, 0.6) is 0 Å². The lowest BCUT2D eigenvalue weighted by atomic mass is 10.1. The van der Waals surface area contributed by atoms with E-state index < -0.39 is 0 Å². The van der Waals surface area contributed by atoms with Crippen LogP contribution in [-0.4, -0.2) is 28.0 Å². The molecule has 2 rings (SSSR count). The summed E-state index contributed by atoms with van der Waals surface area (Å²) >= 11 is 1.64. The molecule has 1 heterocycles. The van der Waals surface area contributed by atoms with Crippen molar-refractivity contribution in [1.82, 2.24) is 10.1 Å². The third-order valence-electron chi connectivity index (χ3n) is 3.61. The Hall–Kier alpha value is -1.75. The van der Waals surface area contributed by atoms with Crippen molar-refractivity contribution >= 4 is 17.7 Å². The highest BCUT2D eigenvalue weighted by molar-refractivity contribution is 7.98. The van der Waals surface area contributed by atoms with Gasteiger partial charge in [0.15, 0.2) is 5.76 Å². The maximum atomic E-state index is 13.0. The van der Waals surface area contributed by atoms with Crippen molar-refractivity contribution in [3.05, 3.63) is 47.3 Å². The van der Waals surface area contributed by atoms with Crippen molar-refractivity contribution in [2.24, 2.45) is 0 Å². The second kappa shape index (κ2) is 7.68. The number of aryl methyl sites for hydroxylation is 1. The summed E-state index contributed by atoms with van der Waals surface area (Å²) < 4.78 is 5.43. The van der Waals surface area contributed by atoms with Gasteiger partial charge in [-0.15, -0.1) is 11.8 Å². The number of hydrogen-bond donors (Lipinski definition) is 0. The molecule has 2 aromatic rings. The smallest absolute Gasteiger partial charge is 0.259 e. The molecule has 0 unspecified atom stereocenters. The highest BCUT2D eigenvalue weighted by Crippen LogP contribution is 2.27. The zero-order chi connectivity index (χ0) is 17.0. The zero-order valence-electron chi connectivity index (χ0n) is 14.4. The molecule has 0 aliphatic heterocycles. The van der Waals surface area contributed by atoms with E-state index in [9.17, 15) is 4.79 Å². The molecule has 1 amide bonds. The summed E-state index contributed by atoms with van der Waals surface area (Å²) in [5.74, 6) is 1.24. The number of rotatable bonds is 6. The summed E-state index contributed by atoms with van der Waals surface area (Å²) in [6, 6.07) is 10.3. The minimum atomic E-state index is -0.00240. The van der Waals surface area contributed by atoms with Gasteiger partial charge in [0.25, 0.3) is 5.91 Å². The lowest BCUT2D eigenvalue weighted by Crippen LogP contribution is -2.42. The minimum Gasteiger partial charge on any atom is -0.359 e. The standard InChI is InChI=1S/C18H24N2O2S/c1-12(2)20(13(3)4)18(21)17-14(5)19-22-16(17)11-23-15-9-7-6-8-10-15/h6-10,12-13H,11H2,1-5H3. The number of carbonyl (C=O) groups is 1. The summed E-state index contributed by atoms with van der Waals surface area (Å²) in [5, 5.41) is 4.02. The third-order valence-corrected chi connectivity index (χ3v) is 4.62. The molecule has 0 N–H and O–H groups in total. The largest absolute Gasteiger partial charge is 0.359 e. The molecule has 0 saturated carbocycles. The summed E-state index contributed by atoms with van der Waals surface area (Å²) in [6.45, 7) is 9.93. The van der Waals surface area contributed by atoms with Crippen LogP contribution >= 0.6 is 11.8 Å². The Kier molecular flexibility index (Phi) is 5.88. The quantitative estimate of drug-likeness (QED) is 0.729. The van der Waals surface area contributed by atoms with Gasteiger partial charge in [0.2, 0.25) is 0 Å². The highest BCUT2D eigenvalue weighted by atomic mass is 32.2. The van der Waals surface area contributed by atoms with Crippen molar-refractivity contribution < 1.29 is 9.32 Å². The van der Waals surface area contributed by atoms with Crippen LogP contribution in [0, 0.1) is 6.92 Å². The summed E-state index contributed by atoms with van der Waals surface area (Å²) in [7, 11) is 0. The van der Waals surface area contributed by atoms with E-state index in [1.165, 1.54) is 0 Å². The third kappa shape index (κ3) is 4.16. The van der Waals surface area contributed by atoms with Gasteiger partial charge in [0.05, 0.1) is 11.4 Å². The highest BCUT2D eigenvalue weighted by Gasteiger charge is 2.28. The molecule has 0 fully saturated rings. The van der Waals surface area contributed by atoms with Crippen LogP contribution in [0.2, 0.25) is 0 Å². The Morgan fingerprint density at radius 1 is 1.17 bits per heavy atom. The molecule has 0 aliphatic rings. The van der Waals surface area contributed by atoms with Crippen LogP contribution in [0.4, 0.5) is 0 Å². The topological polar surface area (TPSA) is 46.3 Å². The van der Waals surface area contributed by atoms with Crippen molar-refractivity contribution in [3.8, 4) is 0 Å². The molecule has 0 atom stereocenters. The Labute approximate surface area is 142 Å². The maximum absolute atomic E-state index is 13.0. The first-order valence-electron chi connectivity index (χ1n) is 7.87. The molecule has 0 aliphatic carbocycles. The molecular formula is C18H24N2O2S. The number of thioether (sulfide) groups is 1. The molecule has 0 saturated heterocycles. The van der Waals surface area contributed by atoms with Crippen LogP contribution < -0.4 is 0 Å². The average molecular weight is 332 g/mol. The van der Waals surface area contributed by atoms with Crippen LogP contribution in [0.25, 0.3) is 0 Å². The molecular weight excluding hydrogens is 308 g/mol. The molecule has 0 spiro atoms. The molecule has 1 aromatic carbocycles. The summed E-state index contributed by atoms with van der Waals surface area (Å²) in [5.41, 5.74) is 1.26. The SMILES string of the molecule is Cc1noc(CSc2ccccc2)c1C(=O)N(C(C)C)C(C)C. The van der Waals surface area contributed by atoms with Gasteiger partial charge in [-0.3, -0.25) is 4.79 Å². The van der Waals surface area contributed by atoms with Gasteiger partial charge < -0.3 is 9.42 Å². The van der Waals surface area contributed by atoms with Crippen LogP contribution in [0.1, 0.15) is 49.5 Å². The van der Waals surface area contributed by atoms with Crippen LogP contribution in [-0.2, 0) is 5.75 Å². The maximum Gasteiger partial charge on any atom is 0.259 e. The van der Waals surface area contributed by atoms with E-state index in [0.29, 0.717) is 22.8 Å². The van der Waals surface area contributed by atoms with Crippen molar-refractivity contribution in [2.45, 2.75) is 57.4 Å². The molecule has 0 radical (unpaired) electrons. The zero-order valence-corrected chi connectivity index (χ0v) is 15.2. The van der Waals surface area contributed by atoms with Gasteiger partial charge in [0, 0.05) is 17.0 Å². The fourth-order valence-corrected chi connectivity index (χ4v) is 3.49. The van der Waals surface area contributed by atoms with Crippen molar-refractivity contribution in [2.75, 3.05) is 0 Å². The first-order valence-corrected chi connectivity index (χ1v) is 8.86. The van der Waals surface area contributed by atoms with E-state index >= 15 is 0 Å². The van der Waals surface area contributed by atoms with Gasteiger partial charge in [0.1, 0.15) is 5.56 Å². The molecule has 23 heavy (non-hydrogen) atoms. The second-order valence-corrected chi connectivity index (χ2v) is 7.12. The fraction of sp³-hybridized carbons (Fsp3) is 0.444. The van der Waals surface area contributed by atoms with E-state index in [0.717, 1.165) is 4.90 Å². The summed E-state index contributed by atoms with van der Waals surface area (Å²) in [6.07, 6.45) is 0. The van der Waals surface area contributed by atoms with Crippen LogP contribution in [0.15, 0.2) is 39.8 Å². The Balaban J connectivity index is 2.22. The molecule has 4 nitrogen and oxygen atoms in total. The van der Waals surface area contributed by atoms with Gasteiger partial charge in [-0.25, -0.2) is 0 Å². The molecule has 124 valence electrons. The van der Waals surface area contributed by atoms with Gasteiger partial charge in [-0.1, -0.05) is 23.4 Å². The normalized spacial score (nSPS) is 11.3. The van der Waals surface area contributed by atoms with E-state index in [1.54, 1.807) is 11.8 Å². The van der Waals surface area contributed by atoms with Gasteiger partial charge >= 0.3 is 0 Å². The fourth-order valence-electron chi connectivity index (χ4n) is 2.65. The molecule has 0 bridgehead atoms. The minimum absolute atomic E-state index is 0.00240. The average Bonchev–Trinajstić information content (AvgIpc) is 2.86. The molecule has 1 aromatic heterocycles. The Morgan fingerprint density at radius 3 is 2.35 bits per heavy atom. The lowest BCUT2D eigenvalue weighted by molar-refractivity contribution is 0.0641. The summed E-state index contributed by atoms with van der Waals surface area (Å²) in [4.78, 5) is 16.0. The Morgan fingerprint density at radius 2 is 1.78 bits per heavy atom. The van der Waals surface area contributed by atoms with Gasteiger partial charge in [-0.2, -0.15) is 0 Å². The first kappa shape index (κ1) is 17.6. The van der Waals surface area contributed by atoms with E-state index in [1.807, 2.05) is 69.9 Å². The second-order valence-electron chi connectivity index (χ2n) is 6.07. The van der Waals surface area contributed by atoms with Crippen molar-refractivity contribution in [3.63, 3.8) is 0 Å². The number of aromatic nitrogens is 1. The van der Waals surface area contributed by atoms with E-state index in [2.05, 4.69) is 5.16 Å². The predicted molar refractivity (Wildman–Crippen MR) is 93.7 cm³/mol. The van der Waals surface area contributed by atoms with Crippen LogP contribution in [0.3, 0.4) is 0 Å². The van der Waals surface area contributed by atoms with E-state index in [4.69, 9.17) is 4.52 Å². The van der Waals surface area contributed by atoms with Crippen molar-refractivity contribution in [1.29, 1.82) is 0 Å². The number of nitrogens with zero attached hydrogens (tertiary/aromatic N) is 2. The lowest BCUT2D eigenvalue weighted by Gasteiger charge is -2.30. The number of amides is 1. The first-order chi connectivity index (χ1) is 10.9. The number of carbonyl (C=O) groups excluding carboxylic acids is 1. The monoisotopic (exact) mass is 332 g/mol. The predicted octanol–water partition coefficient (Wildman–Crippen LogP) is 4.53. The molecule has 5 heteroatoms. The Bertz CT molecular complexity index is 642. The van der Waals surface area contributed by atoms with E-state index in [-0.39, 0.29) is 18.0 Å². The number of hydrogen-bond acceptors (Lipinski definition) is 4. The number of benzene rings is 1.